The Balaban J connectivity index is 1.75. The zero-order valence-electron chi connectivity index (χ0n) is 18.9. The summed E-state index contributed by atoms with van der Waals surface area (Å²) >= 11 is 1.36. The van der Waals surface area contributed by atoms with Crippen molar-refractivity contribution in [1.29, 1.82) is 0 Å². The summed E-state index contributed by atoms with van der Waals surface area (Å²) in [5.41, 5.74) is 0.607. The SMILES string of the molecule is CC(C)OCCCn1c(SC(C)C(=O)NC2CCCCCC2)nc2ccccc2c1=O. The largest absolute Gasteiger partial charge is 0.379 e. The number of fused-ring (bicyclic) bond motifs is 1. The molecular weight excluding hydrogens is 410 g/mol. The third kappa shape index (κ3) is 6.81. The maximum Gasteiger partial charge on any atom is 0.262 e. The fraction of sp³-hybridized carbons (Fsp3) is 0.625. The average Bonchev–Trinajstić information content (AvgIpc) is 3.01. The molecule has 170 valence electrons. The average molecular weight is 446 g/mol. The number of benzene rings is 1. The van der Waals surface area contributed by atoms with Gasteiger partial charge in [-0.1, -0.05) is 49.6 Å². The highest BCUT2D eigenvalue weighted by Gasteiger charge is 2.22. The fourth-order valence-corrected chi connectivity index (χ4v) is 4.87. The molecule has 0 spiro atoms. The number of amides is 1. The van der Waals surface area contributed by atoms with Crippen molar-refractivity contribution in [3.8, 4) is 0 Å². The van der Waals surface area contributed by atoms with Gasteiger partial charge in [0.2, 0.25) is 5.91 Å². The van der Waals surface area contributed by atoms with E-state index in [1.165, 1.54) is 37.4 Å². The number of hydrogen-bond donors (Lipinski definition) is 1. The van der Waals surface area contributed by atoms with E-state index in [0.717, 1.165) is 12.8 Å². The third-order valence-corrected chi connectivity index (χ3v) is 6.75. The molecule has 1 N–H and O–H groups in total. The first-order valence-electron chi connectivity index (χ1n) is 11.5. The van der Waals surface area contributed by atoms with Gasteiger partial charge in [0.05, 0.1) is 22.3 Å². The maximum absolute atomic E-state index is 13.2. The summed E-state index contributed by atoms with van der Waals surface area (Å²) in [4.78, 5) is 30.7. The van der Waals surface area contributed by atoms with E-state index in [9.17, 15) is 9.59 Å². The van der Waals surface area contributed by atoms with Crippen LogP contribution in [-0.2, 0) is 16.1 Å². The molecule has 1 unspecified atom stereocenters. The summed E-state index contributed by atoms with van der Waals surface area (Å²) in [6.45, 7) is 6.99. The van der Waals surface area contributed by atoms with Crippen molar-refractivity contribution in [2.75, 3.05) is 6.61 Å². The molecule has 1 amide bonds. The Morgan fingerprint density at radius 3 is 2.61 bits per heavy atom. The molecule has 1 fully saturated rings. The Bertz CT molecular complexity index is 920. The minimum absolute atomic E-state index is 0.0222. The lowest BCUT2D eigenvalue weighted by Gasteiger charge is -2.20. The van der Waals surface area contributed by atoms with Crippen LogP contribution in [0, 0.1) is 0 Å². The van der Waals surface area contributed by atoms with Crippen LogP contribution in [0.1, 0.15) is 65.7 Å². The van der Waals surface area contributed by atoms with Crippen molar-refractivity contribution in [2.45, 2.75) is 94.8 Å². The van der Waals surface area contributed by atoms with Crippen LogP contribution in [0.15, 0.2) is 34.2 Å². The number of nitrogens with one attached hydrogen (secondary N) is 1. The van der Waals surface area contributed by atoms with Gasteiger partial charge in [-0.25, -0.2) is 4.98 Å². The first-order chi connectivity index (χ1) is 15.0. The van der Waals surface area contributed by atoms with Gasteiger partial charge in [-0.2, -0.15) is 0 Å². The van der Waals surface area contributed by atoms with E-state index in [-0.39, 0.29) is 28.9 Å². The standard InChI is InChI=1S/C24H35N3O3S/c1-17(2)30-16-10-15-27-23(29)20-13-8-9-14-21(20)26-24(27)31-18(3)22(28)25-19-11-6-4-5-7-12-19/h8-9,13-14,17-19H,4-7,10-12,15-16H2,1-3H3,(H,25,28). The smallest absolute Gasteiger partial charge is 0.262 e. The van der Waals surface area contributed by atoms with Crippen LogP contribution in [0.4, 0.5) is 0 Å². The number of thioether (sulfide) groups is 1. The van der Waals surface area contributed by atoms with Gasteiger partial charge in [-0.05, 0) is 52.2 Å². The van der Waals surface area contributed by atoms with Crippen LogP contribution in [0.25, 0.3) is 10.9 Å². The van der Waals surface area contributed by atoms with Gasteiger partial charge in [-0.3, -0.25) is 14.2 Å². The van der Waals surface area contributed by atoms with Gasteiger partial charge < -0.3 is 10.1 Å². The van der Waals surface area contributed by atoms with Gasteiger partial charge in [0.1, 0.15) is 0 Å². The number of rotatable bonds is 9. The molecule has 0 radical (unpaired) electrons. The Morgan fingerprint density at radius 2 is 1.90 bits per heavy atom. The molecule has 1 heterocycles. The zero-order valence-corrected chi connectivity index (χ0v) is 19.7. The van der Waals surface area contributed by atoms with Crippen LogP contribution in [0.3, 0.4) is 0 Å². The van der Waals surface area contributed by atoms with Gasteiger partial charge in [0.25, 0.3) is 5.56 Å². The third-order valence-electron chi connectivity index (χ3n) is 5.66. The molecule has 0 bridgehead atoms. The molecule has 1 saturated carbocycles. The molecule has 31 heavy (non-hydrogen) atoms. The predicted molar refractivity (Wildman–Crippen MR) is 127 cm³/mol. The van der Waals surface area contributed by atoms with E-state index in [1.807, 2.05) is 45.0 Å². The molecule has 1 aliphatic carbocycles. The molecule has 1 aromatic heterocycles. The fourth-order valence-electron chi connectivity index (χ4n) is 3.93. The second-order valence-corrected chi connectivity index (χ2v) is 9.91. The molecule has 1 atom stereocenters. The number of nitrogens with zero attached hydrogens (tertiary/aromatic N) is 2. The van der Waals surface area contributed by atoms with Crippen molar-refractivity contribution >= 4 is 28.6 Å². The molecule has 0 saturated heterocycles. The van der Waals surface area contributed by atoms with Crippen molar-refractivity contribution in [2.24, 2.45) is 0 Å². The van der Waals surface area contributed by atoms with E-state index in [2.05, 4.69) is 5.32 Å². The number of aromatic nitrogens is 2. The summed E-state index contributed by atoms with van der Waals surface area (Å²) in [5.74, 6) is 0.0222. The Hall–Kier alpha value is -1.86. The van der Waals surface area contributed by atoms with Crippen LogP contribution in [0.2, 0.25) is 0 Å². The highest BCUT2D eigenvalue weighted by Crippen LogP contribution is 2.24. The Morgan fingerprint density at radius 1 is 1.19 bits per heavy atom. The van der Waals surface area contributed by atoms with Gasteiger partial charge in [0, 0.05) is 19.2 Å². The van der Waals surface area contributed by atoms with Crippen molar-refractivity contribution in [3.05, 3.63) is 34.6 Å². The van der Waals surface area contributed by atoms with Crippen molar-refractivity contribution < 1.29 is 9.53 Å². The van der Waals surface area contributed by atoms with Gasteiger partial charge >= 0.3 is 0 Å². The molecule has 6 nitrogen and oxygen atoms in total. The number of carbonyl (C=O) groups is 1. The van der Waals surface area contributed by atoms with E-state index < -0.39 is 0 Å². The van der Waals surface area contributed by atoms with Crippen LogP contribution in [0.5, 0.6) is 0 Å². The lowest BCUT2D eigenvalue weighted by atomic mass is 10.1. The summed E-state index contributed by atoms with van der Waals surface area (Å²) in [5, 5.41) is 4.09. The van der Waals surface area contributed by atoms with Crippen LogP contribution in [-0.4, -0.2) is 39.5 Å². The lowest BCUT2D eigenvalue weighted by molar-refractivity contribution is -0.121. The van der Waals surface area contributed by atoms with Gasteiger partial charge in [0.15, 0.2) is 5.16 Å². The minimum atomic E-state index is -0.325. The molecule has 7 heteroatoms. The van der Waals surface area contributed by atoms with Gasteiger partial charge in [-0.15, -0.1) is 0 Å². The second-order valence-electron chi connectivity index (χ2n) is 8.60. The quantitative estimate of drug-likeness (QED) is 0.266. The van der Waals surface area contributed by atoms with E-state index in [0.29, 0.717) is 35.6 Å². The van der Waals surface area contributed by atoms with E-state index in [1.54, 1.807) is 4.57 Å². The molecule has 3 rings (SSSR count). The monoisotopic (exact) mass is 445 g/mol. The highest BCUT2D eigenvalue weighted by molar-refractivity contribution is 8.00. The summed E-state index contributed by atoms with van der Waals surface area (Å²) in [6.07, 6.45) is 7.85. The first kappa shape index (κ1) is 23.8. The van der Waals surface area contributed by atoms with E-state index >= 15 is 0 Å². The van der Waals surface area contributed by atoms with E-state index in [4.69, 9.17) is 9.72 Å². The topological polar surface area (TPSA) is 73.2 Å². The lowest BCUT2D eigenvalue weighted by Crippen LogP contribution is -2.39. The number of para-hydroxylation sites is 1. The van der Waals surface area contributed by atoms with Crippen LogP contribution < -0.4 is 10.9 Å². The number of carbonyl (C=O) groups excluding carboxylic acids is 1. The van der Waals surface area contributed by atoms with Crippen molar-refractivity contribution in [3.63, 3.8) is 0 Å². The molecule has 0 aliphatic heterocycles. The second kappa shape index (κ2) is 11.7. The van der Waals surface area contributed by atoms with Crippen molar-refractivity contribution in [1.82, 2.24) is 14.9 Å². The maximum atomic E-state index is 13.2. The van der Waals surface area contributed by atoms with Crippen LogP contribution >= 0.6 is 11.8 Å². The number of ether oxygens (including phenoxy) is 1. The number of hydrogen-bond acceptors (Lipinski definition) is 5. The molecule has 1 aliphatic rings. The Labute approximate surface area is 189 Å². The summed E-state index contributed by atoms with van der Waals surface area (Å²) in [6, 6.07) is 7.66. The molecular formula is C24H35N3O3S. The summed E-state index contributed by atoms with van der Waals surface area (Å²) in [7, 11) is 0. The normalized spacial score (nSPS) is 16.4. The molecule has 2 aromatic rings. The summed E-state index contributed by atoms with van der Waals surface area (Å²) < 4.78 is 7.34. The highest BCUT2D eigenvalue weighted by atomic mass is 32.2. The Kier molecular flexibility index (Phi) is 8.96. The predicted octanol–water partition coefficient (Wildman–Crippen LogP) is 4.53. The minimum Gasteiger partial charge on any atom is -0.379 e. The zero-order chi connectivity index (χ0) is 22.2. The molecule has 1 aromatic carbocycles. The first-order valence-corrected chi connectivity index (χ1v) is 12.4.